The molecular formula is C26H35N9O3. The Morgan fingerprint density at radius 3 is 2.79 bits per heavy atom. The minimum Gasteiger partial charge on any atom is -0.391 e. The van der Waals surface area contributed by atoms with E-state index in [2.05, 4.69) is 48.9 Å². The van der Waals surface area contributed by atoms with Gasteiger partial charge < -0.3 is 30.3 Å². The summed E-state index contributed by atoms with van der Waals surface area (Å²) in [4.78, 5) is 29.7. The number of morpholine rings is 1. The van der Waals surface area contributed by atoms with Crippen molar-refractivity contribution in [1.29, 1.82) is 0 Å². The lowest BCUT2D eigenvalue weighted by atomic mass is 9.90. The number of carbonyl (C=O) groups excluding carboxylic acids is 1. The molecule has 12 nitrogen and oxygen atoms in total. The van der Waals surface area contributed by atoms with Crippen molar-refractivity contribution in [2.75, 3.05) is 54.4 Å². The number of anilines is 4. The number of aliphatic hydroxyl groups is 1. The molecule has 1 amide bonds. The number of rotatable bonds is 6. The monoisotopic (exact) mass is 521 g/mol. The van der Waals surface area contributed by atoms with Crippen LogP contribution in [0, 0.1) is 0 Å². The van der Waals surface area contributed by atoms with Crippen LogP contribution in [0.1, 0.15) is 45.6 Å². The molecule has 6 rings (SSSR count). The smallest absolute Gasteiger partial charge is 0.246 e. The number of carbonyl (C=O) groups is 1. The summed E-state index contributed by atoms with van der Waals surface area (Å²) in [5.41, 5.74) is 0.716. The van der Waals surface area contributed by atoms with E-state index >= 15 is 0 Å². The fraction of sp³-hybridized carbons (Fsp3) is 0.577. The lowest BCUT2D eigenvalue weighted by molar-refractivity contribution is -0.146. The Morgan fingerprint density at radius 2 is 2.08 bits per heavy atom. The third-order valence-corrected chi connectivity index (χ3v) is 8.02. The normalized spacial score (nSPS) is 22.2. The zero-order valence-corrected chi connectivity index (χ0v) is 21.9. The maximum Gasteiger partial charge on any atom is 0.246 e. The van der Waals surface area contributed by atoms with Gasteiger partial charge in [-0.1, -0.05) is 6.92 Å². The number of nitrogens with one attached hydrogen (secondary N) is 2. The molecule has 2 atom stereocenters. The number of β-amino-alcohol motifs (C(OH)–C–C–N with tert-alkyl or cyclic N) is 1. The van der Waals surface area contributed by atoms with Crippen molar-refractivity contribution in [3.05, 3.63) is 24.5 Å². The summed E-state index contributed by atoms with van der Waals surface area (Å²) in [6.45, 7) is 7.89. The summed E-state index contributed by atoms with van der Waals surface area (Å²) >= 11 is 0. The number of fused-ring (bicyclic) bond motifs is 1. The molecule has 0 unspecified atom stereocenters. The number of hydrogen-bond acceptors (Lipinski definition) is 10. The van der Waals surface area contributed by atoms with Gasteiger partial charge in [-0.05, 0) is 38.7 Å². The third kappa shape index (κ3) is 4.73. The maximum atomic E-state index is 11.5. The second kappa shape index (κ2) is 9.99. The second-order valence-electron chi connectivity index (χ2n) is 10.6. The van der Waals surface area contributed by atoms with Gasteiger partial charge in [0.05, 0.1) is 22.6 Å². The minimum absolute atomic E-state index is 0.0507. The Hall–Kier alpha value is -3.51. The highest BCUT2D eigenvalue weighted by molar-refractivity contribution is 5.92. The SMILES string of the molecule is CC[C@H](C)n1nc(N2CC[C@@H](O)C2)c2cnc(Nc3ccnc(N4CCC5(CC4)CNC(=O)CO5)n3)cc21. The first kappa shape index (κ1) is 24.8. The second-order valence-corrected chi connectivity index (χ2v) is 10.6. The average molecular weight is 522 g/mol. The first-order chi connectivity index (χ1) is 18.4. The van der Waals surface area contributed by atoms with Crippen LogP contribution >= 0.6 is 0 Å². The van der Waals surface area contributed by atoms with E-state index in [4.69, 9.17) is 14.8 Å². The molecule has 0 aliphatic carbocycles. The molecule has 0 bridgehead atoms. The molecule has 3 fully saturated rings. The molecule has 1 spiro atoms. The Labute approximate surface area is 221 Å². The zero-order chi connectivity index (χ0) is 26.3. The molecule has 3 saturated heterocycles. The van der Waals surface area contributed by atoms with Crippen LogP contribution in [0.25, 0.3) is 10.9 Å². The van der Waals surface area contributed by atoms with E-state index in [-0.39, 0.29) is 30.3 Å². The van der Waals surface area contributed by atoms with Crippen molar-refractivity contribution in [2.24, 2.45) is 0 Å². The standard InChI is InChI=1S/C26H35N9O3/c1-3-17(2)35-20-12-22(28-13-19(20)24(32-35)34-9-5-18(36)14-34)30-21-4-8-27-25(31-21)33-10-6-26(7-11-33)16-29-23(37)15-38-26/h4,8,12-13,17-18,36H,3,5-7,9-11,14-16H2,1-2H3,(H,29,37)(H,27,28,30,31)/t17-,18+/m0/s1. The van der Waals surface area contributed by atoms with E-state index in [0.717, 1.165) is 62.0 Å². The van der Waals surface area contributed by atoms with E-state index in [0.29, 0.717) is 30.7 Å². The van der Waals surface area contributed by atoms with Crippen LogP contribution in [0.2, 0.25) is 0 Å². The van der Waals surface area contributed by atoms with Gasteiger partial charge in [0.2, 0.25) is 11.9 Å². The predicted octanol–water partition coefficient (Wildman–Crippen LogP) is 1.99. The predicted molar refractivity (Wildman–Crippen MR) is 144 cm³/mol. The van der Waals surface area contributed by atoms with Crippen LogP contribution in [-0.2, 0) is 9.53 Å². The fourth-order valence-corrected chi connectivity index (χ4v) is 5.48. The molecule has 0 radical (unpaired) electrons. The highest BCUT2D eigenvalue weighted by Crippen LogP contribution is 2.33. The number of pyridine rings is 1. The summed E-state index contributed by atoms with van der Waals surface area (Å²) in [5, 5.41) is 22.3. The molecule has 3 aromatic heterocycles. The van der Waals surface area contributed by atoms with Gasteiger partial charge >= 0.3 is 0 Å². The Balaban J connectivity index is 1.20. The molecular weight excluding hydrogens is 486 g/mol. The van der Waals surface area contributed by atoms with Crippen molar-refractivity contribution in [2.45, 2.75) is 57.3 Å². The Bertz CT molecular complexity index is 1310. The van der Waals surface area contributed by atoms with E-state index in [1.54, 1.807) is 6.20 Å². The van der Waals surface area contributed by atoms with Gasteiger partial charge in [-0.2, -0.15) is 10.1 Å². The van der Waals surface area contributed by atoms with E-state index in [1.807, 2.05) is 18.3 Å². The summed E-state index contributed by atoms with van der Waals surface area (Å²) in [5.74, 6) is 2.84. The van der Waals surface area contributed by atoms with Crippen LogP contribution in [-0.4, -0.2) is 86.8 Å². The van der Waals surface area contributed by atoms with E-state index in [1.165, 1.54) is 0 Å². The number of hydrogen-bond donors (Lipinski definition) is 3. The highest BCUT2D eigenvalue weighted by atomic mass is 16.5. The summed E-state index contributed by atoms with van der Waals surface area (Å²) in [6.07, 6.45) is 6.62. The first-order valence-electron chi connectivity index (χ1n) is 13.5. The molecule has 3 aliphatic heterocycles. The number of aliphatic hydroxyl groups excluding tert-OH is 1. The van der Waals surface area contributed by atoms with Crippen LogP contribution < -0.4 is 20.4 Å². The largest absolute Gasteiger partial charge is 0.391 e. The maximum absolute atomic E-state index is 11.5. The Morgan fingerprint density at radius 1 is 1.24 bits per heavy atom. The summed E-state index contributed by atoms with van der Waals surface area (Å²) in [6, 6.07) is 4.08. The summed E-state index contributed by atoms with van der Waals surface area (Å²) < 4.78 is 7.95. The molecule has 6 heterocycles. The molecule has 3 aliphatic rings. The fourth-order valence-electron chi connectivity index (χ4n) is 5.48. The van der Waals surface area contributed by atoms with E-state index in [9.17, 15) is 9.90 Å². The molecule has 202 valence electrons. The van der Waals surface area contributed by atoms with Crippen LogP contribution in [0.15, 0.2) is 24.5 Å². The van der Waals surface area contributed by atoms with Crippen LogP contribution in [0.5, 0.6) is 0 Å². The molecule has 0 aromatic carbocycles. The van der Waals surface area contributed by atoms with Crippen LogP contribution in [0.3, 0.4) is 0 Å². The third-order valence-electron chi connectivity index (χ3n) is 8.02. The Kier molecular flexibility index (Phi) is 6.52. The molecule has 12 heteroatoms. The van der Waals surface area contributed by atoms with Crippen molar-refractivity contribution in [3.63, 3.8) is 0 Å². The average Bonchev–Trinajstić information content (AvgIpc) is 3.54. The summed E-state index contributed by atoms with van der Waals surface area (Å²) in [7, 11) is 0. The minimum atomic E-state index is -0.318. The lowest BCUT2D eigenvalue weighted by Gasteiger charge is -2.43. The van der Waals surface area contributed by atoms with Crippen molar-refractivity contribution in [1.82, 2.24) is 30.0 Å². The number of aromatic nitrogens is 5. The van der Waals surface area contributed by atoms with Gasteiger partial charge in [-0.25, -0.2) is 9.97 Å². The van der Waals surface area contributed by atoms with Gasteiger partial charge in [0.1, 0.15) is 18.2 Å². The first-order valence-corrected chi connectivity index (χ1v) is 13.5. The molecule has 0 saturated carbocycles. The molecule has 3 aromatic rings. The van der Waals surface area contributed by atoms with Crippen molar-refractivity contribution >= 4 is 40.2 Å². The van der Waals surface area contributed by atoms with Crippen LogP contribution in [0.4, 0.5) is 23.4 Å². The van der Waals surface area contributed by atoms with Gasteiger partial charge in [0, 0.05) is 57.2 Å². The number of nitrogens with zero attached hydrogens (tertiary/aromatic N) is 7. The topological polar surface area (TPSA) is 134 Å². The molecule has 38 heavy (non-hydrogen) atoms. The van der Waals surface area contributed by atoms with Crippen molar-refractivity contribution in [3.8, 4) is 0 Å². The van der Waals surface area contributed by atoms with Gasteiger partial charge in [0.15, 0.2) is 5.82 Å². The quantitative estimate of drug-likeness (QED) is 0.442. The van der Waals surface area contributed by atoms with Crippen molar-refractivity contribution < 1.29 is 14.6 Å². The van der Waals surface area contributed by atoms with Gasteiger partial charge in [-0.3, -0.25) is 9.48 Å². The number of piperidine rings is 1. The molecule has 3 N–H and O–H groups in total. The number of amides is 1. The lowest BCUT2D eigenvalue weighted by Crippen LogP contribution is -2.57. The van der Waals surface area contributed by atoms with Gasteiger partial charge in [-0.15, -0.1) is 0 Å². The number of ether oxygens (including phenoxy) is 1. The zero-order valence-electron chi connectivity index (χ0n) is 21.9. The van der Waals surface area contributed by atoms with E-state index < -0.39 is 0 Å². The highest BCUT2D eigenvalue weighted by Gasteiger charge is 2.39. The van der Waals surface area contributed by atoms with Gasteiger partial charge in [0.25, 0.3) is 0 Å².